The Morgan fingerprint density at radius 1 is 1.16 bits per heavy atom. The van der Waals surface area contributed by atoms with Gasteiger partial charge in [0.1, 0.15) is 0 Å². The van der Waals surface area contributed by atoms with E-state index in [-0.39, 0.29) is 5.91 Å². The van der Waals surface area contributed by atoms with Gasteiger partial charge in [0, 0.05) is 18.3 Å². The molecule has 1 aliphatic rings. The number of amides is 1. The Balaban J connectivity index is 1.97. The number of hydrogen-bond donors (Lipinski definition) is 1. The maximum absolute atomic E-state index is 13.0. The first kappa shape index (κ1) is 17.1. The third-order valence-corrected chi connectivity index (χ3v) is 4.28. The van der Waals surface area contributed by atoms with Crippen molar-refractivity contribution in [3.05, 3.63) is 59.4 Å². The van der Waals surface area contributed by atoms with Gasteiger partial charge in [0.2, 0.25) is 0 Å². The van der Waals surface area contributed by atoms with Gasteiger partial charge in [-0.1, -0.05) is 49.6 Å². The maximum atomic E-state index is 13.0. The molecule has 130 valence electrons. The van der Waals surface area contributed by atoms with Gasteiger partial charge in [-0.2, -0.15) is 0 Å². The van der Waals surface area contributed by atoms with Crippen molar-refractivity contribution in [2.45, 2.75) is 33.1 Å². The second-order valence-corrected chi connectivity index (χ2v) is 6.42. The first-order valence-corrected chi connectivity index (χ1v) is 8.76. The normalized spacial score (nSPS) is 15.2. The molecule has 0 saturated carbocycles. The van der Waals surface area contributed by atoms with E-state index in [2.05, 4.69) is 6.92 Å². The number of hydrogen-bond acceptors (Lipinski definition) is 3. The van der Waals surface area contributed by atoms with Crippen molar-refractivity contribution in [1.82, 2.24) is 0 Å². The highest BCUT2D eigenvalue weighted by Gasteiger charge is 2.30. The van der Waals surface area contributed by atoms with Crippen molar-refractivity contribution in [2.75, 3.05) is 17.2 Å². The number of nitrogen functional groups attached to an aromatic ring is 1. The topological polar surface area (TPSA) is 55.6 Å². The van der Waals surface area contributed by atoms with E-state index < -0.39 is 0 Å². The molecule has 25 heavy (non-hydrogen) atoms. The van der Waals surface area contributed by atoms with Crippen LogP contribution in [0.4, 0.5) is 11.4 Å². The van der Waals surface area contributed by atoms with E-state index in [1.807, 2.05) is 37.3 Å². The van der Waals surface area contributed by atoms with E-state index in [0.717, 1.165) is 36.1 Å². The number of fused-ring (bicyclic) bond motifs is 1. The van der Waals surface area contributed by atoms with Gasteiger partial charge in [-0.3, -0.25) is 4.79 Å². The molecule has 0 fully saturated rings. The maximum Gasteiger partial charge on any atom is 0.294 e. The summed E-state index contributed by atoms with van der Waals surface area (Å²) in [5.74, 6) is 0.866. The number of benzene rings is 2. The summed E-state index contributed by atoms with van der Waals surface area (Å²) in [6.07, 6.45) is 4.96. The number of anilines is 2. The van der Waals surface area contributed by atoms with Gasteiger partial charge in [-0.05, 0) is 37.1 Å². The Hall–Kier alpha value is -2.75. The minimum Gasteiger partial charge on any atom is -0.449 e. The van der Waals surface area contributed by atoms with Crippen molar-refractivity contribution in [2.24, 2.45) is 0 Å². The second-order valence-electron chi connectivity index (χ2n) is 6.42. The lowest BCUT2D eigenvalue weighted by molar-refractivity contribution is -0.117. The van der Waals surface area contributed by atoms with E-state index in [4.69, 9.17) is 10.5 Å². The summed E-state index contributed by atoms with van der Waals surface area (Å²) in [4.78, 5) is 14.8. The number of carbonyl (C=O) groups excluding carboxylic acids is 1. The van der Waals surface area contributed by atoms with Crippen LogP contribution in [0.2, 0.25) is 0 Å². The molecule has 4 nitrogen and oxygen atoms in total. The van der Waals surface area contributed by atoms with Crippen LogP contribution in [0.15, 0.2) is 48.2 Å². The summed E-state index contributed by atoms with van der Waals surface area (Å²) in [5, 5.41) is 0. The van der Waals surface area contributed by atoms with E-state index >= 15 is 0 Å². The van der Waals surface area contributed by atoms with E-state index in [9.17, 15) is 4.79 Å². The fraction of sp³-hybridized carbons (Fsp3) is 0.286. The van der Waals surface area contributed by atoms with Crippen molar-refractivity contribution >= 4 is 23.4 Å². The number of carbonyl (C=O) groups is 1. The molecular weight excluding hydrogens is 312 g/mol. The highest BCUT2D eigenvalue weighted by Crippen LogP contribution is 2.37. The van der Waals surface area contributed by atoms with Gasteiger partial charge in [-0.25, -0.2) is 0 Å². The van der Waals surface area contributed by atoms with Gasteiger partial charge in [0.05, 0.1) is 5.69 Å². The number of unbranched alkanes of at least 4 members (excludes halogenated alkanes) is 2. The van der Waals surface area contributed by atoms with Crippen molar-refractivity contribution in [3.8, 4) is 5.75 Å². The molecule has 2 aromatic carbocycles. The summed E-state index contributed by atoms with van der Waals surface area (Å²) in [6.45, 7) is 4.86. The summed E-state index contributed by atoms with van der Waals surface area (Å²) in [6, 6.07) is 13.4. The molecule has 0 saturated heterocycles. The molecule has 4 heteroatoms. The van der Waals surface area contributed by atoms with E-state index in [0.29, 0.717) is 23.7 Å². The van der Waals surface area contributed by atoms with E-state index in [1.165, 1.54) is 0 Å². The Labute approximate surface area is 148 Å². The Morgan fingerprint density at radius 3 is 2.76 bits per heavy atom. The lowest BCUT2D eigenvalue weighted by atomic mass is 10.1. The molecule has 0 radical (unpaired) electrons. The molecule has 0 atom stereocenters. The van der Waals surface area contributed by atoms with Crippen molar-refractivity contribution in [1.29, 1.82) is 0 Å². The molecule has 0 aromatic heterocycles. The molecule has 2 N–H and O–H groups in total. The van der Waals surface area contributed by atoms with Crippen LogP contribution in [-0.2, 0) is 4.79 Å². The molecule has 0 spiro atoms. The molecule has 2 aromatic rings. The number of ether oxygens (including phenoxy) is 1. The molecule has 3 rings (SSSR count). The molecule has 0 aliphatic carbocycles. The summed E-state index contributed by atoms with van der Waals surface area (Å²) in [5.41, 5.74) is 9.40. The standard InChI is InChI=1S/C21H24N2O2/c1-3-4-5-11-23-18-10-9-17(22)14-19(18)25-20(21(23)24)13-16-8-6-7-15(2)12-16/h6-10,12-14H,3-5,11,22H2,1-2H3/b20-13+. The Kier molecular flexibility index (Phi) is 5.08. The smallest absolute Gasteiger partial charge is 0.294 e. The van der Waals surface area contributed by atoms with Gasteiger partial charge in [0.25, 0.3) is 5.91 Å². The molecule has 1 aliphatic heterocycles. The van der Waals surface area contributed by atoms with E-state index in [1.54, 1.807) is 23.1 Å². The van der Waals surface area contributed by atoms with Crippen LogP contribution in [0.3, 0.4) is 0 Å². The van der Waals surface area contributed by atoms with Crippen LogP contribution in [0.5, 0.6) is 5.75 Å². The number of aryl methyl sites for hydroxylation is 1. The summed E-state index contributed by atoms with van der Waals surface area (Å²) >= 11 is 0. The van der Waals surface area contributed by atoms with Crippen LogP contribution in [0.25, 0.3) is 6.08 Å². The van der Waals surface area contributed by atoms with Crippen LogP contribution < -0.4 is 15.4 Å². The Morgan fingerprint density at radius 2 is 2.00 bits per heavy atom. The highest BCUT2D eigenvalue weighted by molar-refractivity contribution is 6.10. The second kappa shape index (κ2) is 7.43. The first-order chi connectivity index (χ1) is 12.1. The van der Waals surface area contributed by atoms with Gasteiger partial charge >= 0.3 is 0 Å². The predicted octanol–water partition coefficient (Wildman–Crippen LogP) is 4.53. The fourth-order valence-electron chi connectivity index (χ4n) is 2.98. The predicted molar refractivity (Wildman–Crippen MR) is 103 cm³/mol. The summed E-state index contributed by atoms with van der Waals surface area (Å²) < 4.78 is 5.90. The third-order valence-electron chi connectivity index (χ3n) is 4.28. The quantitative estimate of drug-likeness (QED) is 0.496. The van der Waals surface area contributed by atoms with Gasteiger partial charge in [-0.15, -0.1) is 0 Å². The molecular formula is C21H24N2O2. The van der Waals surface area contributed by atoms with Crippen LogP contribution in [-0.4, -0.2) is 12.5 Å². The lowest BCUT2D eigenvalue weighted by Crippen LogP contribution is -2.38. The minimum absolute atomic E-state index is 0.102. The zero-order valence-corrected chi connectivity index (χ0v) is 14.8. The average molecular weight is 336 g/mol. The molecule has 0 unspecified atom stereocenters. The highest BCUT2D eigenvalue weighted by atomic mass is 16.5. The monoisotopic (exact) mass is 336 g/mol. The van der Waals surface area contributed by atoms with Crippen molar-refractivity contribution in [3.63, 3.8) is 0 Å². The first-order valence-electron chi connectivity index (χ1n) is 8.76. The van der Waals surface area contributed by atoms with Crippen LogP contribution in [0, 0.1) is 6.92 Å². The fourth-order valence-corrected chi connectivity index (χ4v) is 2.98. The van der Waals surface area contributed by atoms with Crippen LogP contribution >= 0.6 is 0 Å². The number of rotatable bonds is 5. The lowest BCUT2D eigenvalue weighted by Gasteiger charge is -2.30. The zero-order chi connectivity index (χ0) is 17.8. The van der Waals surface area contributed by atoms with Crippen LogP contribution in [0.1, 0.15) is 37.3 Å². The minimum atomic E-state index is -0.102. The zero-order valence-electron chi connectivity index (χ0n) is 14.8. The summed E-state index contributed by atoms with van der Waals surface area (Å²) in [7, 11) is 0. The largest absolute Gasteiger partial charge is 0.449 e. The average Bonchev–Trinajstić information content (AvgIpc) is 2.58. The molecule has 0 bridgehead atoms. The Bertz CT molecular complexity index is 811. The van der Waals surface area contributed by atoms with Crippen molar-refractivity contribution < 1.29 is 9.53 Å². The number of nitrogens with two attached hydrogens (primary N) is 1. The number of nitrogens with zero attached hydrogens (tertiary/aromatic N) is 1. The molecule has 1 amide bonds. The SMILES string of the molecule is CCCCCN1C(=O)/C(=C\c2cccc(C)c2)Oc2cc(N)ccc21. The van der Waals surface area contributed by atoms with Gasteiger partial charge < -0.3 is 15.4 Å². The van der Waals surface area contributed by atoms with Gasteiger partial charge in [0.15, 0.2) is 11.5 Å². The third kappa shape index (κ3) is 3.85. The molecule has 1 heterocycles.